The Balaban J connectivity index is 1.41. The number of piperazine rings is 1. The minimum Gasteiger partial charge on any atom is -0.497 e. The molecule has 198 valence electrons. The second-order valence-corrected chi connectivity index (χ2v) is 9.59. The highest BCUT2D eigenvalue weighted by Gasteiger charge is 2.43. The third-order valence-corrected chi connectivity index (χ3v) is 7.49. The molecule has 3 aromatic rings. The fourth-order valence-corrected chi connectivity index (χ4v) is 5.53. The molecule has 2 aliphatic rings. The number of amides is 2. The van der Waals surface area contributed by atoms with E-state index < -0.39 is 12.0 Å². The zero-order valence-electron chi connectivity index (χ0n) is 21.7. The van der Waals surface area contributed by atoms with Crippen molar-refractivity contribution in [1.29, 1.82) is 0 Å². The maximum Gasteiger partial charge on any atom is 0.228 e. The van der Waals surface area contributed by atoms with E-state index in [1.807, 2.05) is 41.3 Å². The molecule has 2 aliphatic heterocycles. The van der Waals surface area contributed by atoms with Gasteiger partial charge < -0.3 is 24.2 Å². The minimum atomic E-state index is -0.537. The summed E-state index contributed by atoms with van der Waals surface area (Å²) in [4.78, 5) is 33.1. The number of hydrogen-bond acceptors (Lipinski definition) is 5. The lowest BCUT2D eigenvalue weighted by Crippen LogP contribution is -2.54. The van der Waals surface area contributed by atoms with Crippen LogP contribution in [0.2, 0.25) is 0 Å². The van der Waals surface area contributed by atoms with Crippen LogP contribution >= 0.6 is 0 Å². The molecule has 5 rings (SSSR count). The third kappa shape index (κ3) is 5.03. The molecule has 7 nitrogen and oxygen atoms in total. The number of benzene rings is 3. The maximum absolute atomic E-state index is 14.0. The second-order valence-electron chi connectivity index (χ2n) is 9.59. The van der Waals surface area contributed by atoms with E-state index in [1.165, 1.54) is 12.1 Å². The fraction of sp³-hybridized carbons (Fsp3) is 0.333. The average Bonchev–Trinajstić information content (AvgIpc) is 2.97. The Morgan fingerprint density at radius 3 is 2.21 bits per heavy atom. The summed E-state index contributed by atoms with van der Waals surface area (Å²) in [5.41, 5.74) is 2.44. The van der Waals surface area contributed by atoms with E-state index in [0.717, 1.165) is 17.0 Å². The smallest absolute Gasteiger partial charge is 0.228 e. The SMILES string of the molecule is COc1ccc(N2C(=O)CC[C@@H](C(=O)N3CCN(c4ccccc4OC)CC3)[C@@H]2c2ccc(F)cc2)cc1. The van der Waals surface area contributed by atoms with Gasteiger partial charge in [0.2, 0.25) is 11.8 Å². The molecule has 0 aromatic heterocycles. The van der Waals surface area contributed by atoms with Gasteiger partial charge in [0.15, 0.2) is 0 Å². The molecule has 0 spiro atoms. The van der Waals surface area contributed by atoms with Crippen LogP contribution in [0.15, 0.2) is 72.8 Å². The molecular formula is C30H32FN3O4. The van der Waals surface area contributed by atoms with Crippen molar-refractivity contribution in [1.82, 2.24) is 4.90 Å². The number of hydrogen-bond donors (Lipinski definition) is 0. The van der Waals surface area contributed by atoms with Crippen molar-refractivity contribution in [3.05, 3.63) is 84.2 Å². The zero-order valence-corrected chi connectivity index (χ0v) is 21.7. The molecule has 8 heteroatoms. The molecule has 0 saturated carbocycles. The number of rotatable bonds is 6. The normalized spacial score (nSPS) is 19.9. The zero-order chi connectivity index (χ0) is 26.6. The Hall–Kier alpha value is -4.07. The molecule has 2 saturated heterocycles. The van der Waals surface area contributed by atoms with Crippen molar-refractivity contribution in [3.8, 4) is 11.5 Å². The highest BCUT2D eigenvalue weighted by atomic mass is 19.1. The molecule has 2 fully saturated rings. The minimum absolute atomic E-state index is 0.0185. The molecule has 2 amide bonds. The number of ether oxygens (including phenoxy) is 2. The summed E-state index contributed by atoms with van der Waals surface area (Å²) < 4.78 is 24.6. The first-order chi connectivity index (χ1) is 18.5. The van der Waals surface area contributed by atoms with Crippen LogP contribution in [-0.4, -0.2) is 57.1 Å². The van der Waals surface area contributed by atoms with Crippen LogP contribution in [0.5, 0.6) is 11.5 Å². The van der Waals surface area contributed by atoms with Gasteiger partial charge in [0.1, 0.15) is 17.3 Å². The van der Waals surface area contributed by atoms with Crippen LogP contribution in [-0.2, 0) is 9.59 Å². The van der Waals surface area contributed by atoms with Crippen LogP contribution in [0.25, 0.3) is 0 Å². The van der Waals surface area contributed by atoms with Crippen molar-refractivity contribution in [2.75, 3.05) is 50.2 Å². The first-order valence-corrected chi connectivity index (χ1v) is 12.9. The standard InChI is InChI=1S/C30H32FN3O4/c1-37-24-13-11-23(12-14-24)34-28(35)16-15-25(29(34)21-7-9-22(31)10-8-21)30(36)33-19-17-32(18-20-33)26-5-3-4-6-27(26)38-2/h3-14,25,29H,15-20H2,1-2H3/t25-,29+/m1/s1. The van der Waals surface area contributed by atoms with Crippen LogP contribution in [0.3, 0.4) is 0 Å². The Kier molecular flexibility index (Phi) is 7.49. The first kappa shape index (κ1) is 25.6. The van der Waals surface area contributed by atoms with Gasteiger partial charge in [-0.05, 0) is 60.5 Å². The van der Waals surface area contributed by atoms with Crippen molar-refractivity contribution in [2.45, 2.75) is 18.9 Å². The largest absolute Gasteiger partial charge is 0.497 e. The van der Waals surface area contributed by atoms with Crippen LogP contribution < -0.4 is 19.3 Å². The van der Waals surface area contributed by atoms with Gasteiger partial charge in [-0.1, -0.05) is 24.3 Å². The molecule has 3 aromatic carbocycles. The Morgan fingerprint density at radius 1 is 0.868 bits per heavy atom. The molecule has 2 atom stereocenters. The number of carbonyl (C=O) groups is 2. The number of methoxy groups -OCH3 is 2. The third-order valence-electron chi connectivity index (χ3n) is 7.49. The van der Waals surface area contributed by atoms with Crippen molar-refractivity contribution >= 4 is 23.2 Å². The molecule has 2 heterocycles. The van der Waals surface area contributed by atoms with E-state index in [-0.39, 0.29) is 24.1 Å². The number of carbonyl (C=O) groups excluding carboxylic acids is 2. The average molecular weight is 518 g/mol. The van der Waals surface area contributed by atoms with E-state index in [2.05, 4.69) is 4.90 Å². The van der Waals surface area contributed by atoms with E-state index in [1.54, 1.807) is 43.4 Å². The predicted octanol–water partition coefficient (Wildman–Crippen LogP) is 4.68. The molecule has 0 N–H and O–H groups in total. The van der Waals surface area contributed by atoms with Crippen molar-refractivity contribution in [2.24, 2.45) is 5.92 Å². The Morgan fingerprint density at radius 2 is 1.55 bits per heavy atom. The van der Waals surface area contributed by atoms with Gasteiger partial charge in [-0.15, -0.1) is 0 Å². The number of halogens is 1. The van der Waals surface area contributed by atoms with E-state index in [4.69, 9.17) is 9.47 Å². The second kappa shape index (κ2) is 11.1. The van der Waals surface area contributed by atoms with Crippen molar-refractivity contribution in [3.63, 3.8) is 0 Å². The van der Waals surface area contributed by atoms with Gasteiger partial charge in [-0.3, -0.25) is 9.59 Å². The van der Waals surface area contributed by atoms with Gasteiger partial charge >= 0.3 is 0 Å². The number of nitrogens with zero attached hydrogens (tertiary/aromatic N) is 3. The van der Waals surface area contributed by atoms with E-state index in [9.17, 15) is 14.0 Å². The molecule has 0 bridgehead atoms. The quantitative estimate of drug-likeness (QED) is 0.475. The lowest BCUT2D eigenvalue weighted by atomic mass is 9.82. The lowest BCUT2D eigenvalue weighted by molar-refractivity contribution is -0.138. The first-order valence-electron chi connectivity index (χ1n) is 12.9. The maximum atomic E-state index is 14.0. The fourth-order valence-electron chi connectivity index (χ4n) is 5.53. The summed E-state index contributed by atoms with van der Waals surface area (Å²) >= 11 is 0. The Bertz CT molecular complexity index is 1270. The van der Waals surface area contributed by atoms with Gasteiger partial charge in [0, 0.05) is 38.3 Å². The highest BCUT2D eigenvalue weighted by Crippen LogP contribution is 2.41. The van der Waals surface area contributed by atoms with Gasteiger partial charge in [-0.2, -0.15) is 0 Å². The summed E-state index contributed by atoms with van der Waals surface area (Å²) in [5.74, 6) is 0.640. The van der Waals surface area contributed by atoms with Gasteiger partial charge in [0.05, 0.1) is 31.9 Å². The summed E-state index contributed by atoms with van der Waals surface area (Å²) in [5, 5.41) is 0. The van der Waals surface area contributed by atoms with Crippen LogP contribution in [0.4, 0.5) is 15.8 Å². The molecule has 0 unspecified atom stereocenters. The van der Waals surface area contributed by atoms with Gasteiger partial charge in [-0.25, -0.2) is 4.39 Å². The molecule has 0 radical (unpaired) electrons. The Labute approximate surface area is 222 Å². The van der Waals surface area contributed by atoms with E-state index >= 15 is 0 Å². The summed E-state index contributed by atoms with van der Waals surface area (Å²) in [6, 6.07) is 20.7. The lowest BCUT2D eigenvalue weighted by Gasteiger charge is -2.44. The van der Waals surface area contributed by atoms with Gasteiger partial charge in [0.25, 0.3) is 0 Å². The highest BCUT2D eigenvalue weighted by molar-refractivity contribution is 5.97. The number of anilines is 2. The topological polar surface area (TPSA) is 62.3 Å². The summed E-state index contributed by atoms with van der Waals surface area (Å²) in [6.07, 6.45) is 0.709. The summed E-state index contributed by atoms with van der Waals surface area (Å²) in [6.45, 7) is 2.50. The number of piperidine rings is 1. The summed E-state index contributed by atoms with van der Waals surface area (Å²) in [7, 11) is 3.25. The van der Waals surface area contributed by atoms with Crippen LogP contribution in [0, 0.1) is 11.7 Å². The number of para-hydroxylation sites is 2. The van der Waals surface area contributed by atoms with E-state index in [0.29, 0.717) is 44.0 Å². The van der Waals surface area contributed by atoms with Crippen molar-refractivity contribution < 1.29 is 23.5 Å². The molecule has 38 heavy (non-hydrogen) atoms. The predicted molar refractivity (Wildman–Crippen MR) is 144 cm³/mol. The monoisotopic (exact) mass is 517 g/mol. The van der Waals surface area contributed by atoms with Crippen LogP contribution in [0.1, 0.15) is 24.4 Å². The molecule has 0 aliphatic carbocycles. The molecular weight excluding hydrogens is 485 g/mol.